The highest BCUT2D eigenvalue weighted by molar-refractivity contribution is 6.24. The molecule has 3 aromatic rings. The number of esters is 1. The van der Waals surface area contributed by atoms with E-state index < -0.39 is 11.9 Å². The Morgan fingerprint density at radius 1 is 1.03 bits per heavy atom. The summed E-state index contributed by atoms with van der Waals surface area (Å²) in [5.41, 5.74) is 5.42. The lowest BCUT2D eigenvalue weighted by Crippen LogP contribution is -2.36. The Bertz CT molecular complexity index is 1220. The predicted octanol–water partition coefficient (Wildman–Crippen LogP) is 4.54. The van der Waals surface area contributed by atoms with Crippen LogP contribution in [0.15, 0.2) is 77.8 Å². The average Bonchev–Trinajstić information content (AvgIpc) is 3.15. The van der Waals surface area contributed by atoms with Gasteiger partial charge in [-0.15, -0.1) is 0 Å². The molecule has 1 atom stereocenters. The molecule has 0 aromatic heterocycles. The third-order valence-electron chi connectivity index (χ3n) is 6.19. The minimum absolute atomic E-state index is 0.163. The van der Waals surface area contributed by atoms with Gasteiger partial charge in [0.1, 0.15) is 5.92 Å². The molecule has 0 bridgehead atoms. The highest BCUT2D eigenvalue weighted by atomic mass is 16.5. The third-order valence-corrected chi connectivity index (χ3v) is 6.19. The lowest BCUT2D eigenvalue weighted by Gasteiger charge is -2.30. The maximum atomic E-state index is 13.1. The van der Waals surface area contributed by atoms with Crippen LogP contribution in [0.5, 0.6) is 0 Å². The van der Waals surface area contributed by atoms with Crippen LogP contribution in [-0.2, 0) is 16.1 Å². The van der Waals surface area contributed by atoms with E-state index in [0.717, 1.165) is 36.4 Å². The van der Waals surface area contributed by atoms with Crippen molar-refractivity contribution in [2.24, 2.45) is 4.99 Å². The summed E-state index contributed by atoms with van der Waals surface area (Å²) in [5, 5.41) is 2.91. The standard InChI is InChI=1S/C27H25N3O3/c1-33-27(32)20-10-13-22-23(16-20)29-26(31)24(22)25(19-6-3-2-4-7-19)28-21-11-8-18(9-12-21)17-30-14-5-15-30/h2-4,6-13,16,24H,5,14-15,17H2,1H3,(H,29,31). The van der Waals surface area contributed by atoms with Gasteiger partial charge in [0, 0.05) is 12.2 Å². The molecule has 33 heavy (non-hydrogen) atoms. The highest BCUT2D eigenvalue weighted by Crippen LogP contribution is 2.37. The molecule has 0 radical (unpaired) electrons. The first-order chi connectivity index (χ1) is 16.1. The first-order valence-electron chi connectivity index (χ1n) is 11.1. The molecule has 6 nitrogen and oxygen atoms in total. The molecule has 5 rings (SSSR count). The summed E-state index contributed by atoms with van der Waals surface area (Å²) in [6, 6.07) is 23.1. The largest absolute Gasteiger partial charge is 0.465 e. The van der Waals surface area contributed by atoms with Gasteiger partial charge in [-0.1, -0.05) is 48.5 Å². The molecular formula is C27H25N3O3. The van der Waals surface area contributed by atoms with Crippen LogP contribution < -0.4 is 5.32 Å². The van der Waals surface area contributed by atoms with Crippen molar-refractivity contribution in [2.75, 3.05) is 25.5 Å². The number of amides is 1. The summed E-state index contributed by atoms with van der Waals surface area (Å²) in [6.07, 6.45) is 1.27. The van der Waals surface area contributed by atoms with Gasteiger partial charge in [0.2, 0.25) is 5.91 Å². The van der Waals surface area contributed by atoms with Gasteiger partial charge in [0.15, 0.2) is 0 Å². The number of rotatable bonds is 6. The van der Waals surface area contributed by atoms with Gasteiger partial charge in [-0.3, -0.25) is 14.7 Å². The summed E-state index contributed by atoms with van der Waals surface area (Å²) < 4.78 is 4.81. The first-order valence-corrected chi connectivity index (χ1v) is 11.1. The van der Waals surface area contributed by atoms with Crippen LogP contribution in [-0.4, -0.2) is 42.7 Å². The van der Waals surface area contributed by atoms with Crippen molar-refractivity contribution in [3.05, 3.63) is 95.1 Å². The van der Waals surface area contributed by atoms with Gasteiger partial charge in [-0.25, -0.2) is 4.79 Å². The molecule has 0 saturated carbocycles. The molecule has 1 N–H and O–H groups in total. The fourth-order valence-electron chi connectivity index (χ4n) is 4.30. The molecule has 1 unspecified atom stereocenters. The summed E-state index contributed by atoms with van der Waals surface area (Å²) >= 11 is 0. The zero-order valence-corrected chi connectivity index (χ0v) is 18.5. The molecular weight excluding hydrogens is 414 g/mol. The molecule has 2 heterocycles. The topological polar surface area (TPSA) is 71.0 Å². The summed E-state index contributed by atoms with van der Waals surface area (Å²) in [7, 11) is 1.34. The molecule has 2 aliphatic heterocycles. The number of ether oxygens (including phenoxy) is 1. The van der Waals surface area contributed by atoms with Crippen molar-refractivity contribution in [3.63, 3.8) is 0 Å². The van der Waals surface area contributed by atoms with Gasteiger partial charge >= 0.3 is 5.97 Å². The van der Waals surface area contributed by atoms with Crippen LogP contribution in [0.4, 0.5) is 11.4 Å². The Hall–Kier alpha value is -3.77. The van der Waals surface area contributed by atoms with Gasteiger partial charge < -0.3 is 10.1 Å². The summed E-state index contributed by atoms with van der Waals surface area (Å²) in [4.78, 5) is 32.4. The number of nitrogens with one attached hydrogen (secondary N) is 1. The second-order valence-electron chi connectivity index (χ2n) is 8.38. The third kappa shape index (κ3) is 4.30. The monoisotopic (exact) mass is 439 g/mol. The van der Waals surface area contributed by atoms with E-state index in [0.29, 0.717) is 17.0 Å². The molecule has 166 valence electrons. The lowest BCUT2D eigenvalue weighted by molar-refractivity contribution is -0.115. The SMILES string of the molecule is COC(=O)c1ccc2c(c1)NC(=O)C2C(=Nc1ccc(CN2CCC2)cc1)c1ccccc1. The van der Waals surface area contributed by atoms with Crippen LogP contribution in [0.2, 0.25) is 0 Å². The second-order valence-corrected chi connectivity index (χ2v) is 8.38. The predicted molar refractivity (Wildman–Crippen MR) is 128 cm³/mol. The number of fused-ring (bicyclic) bond motifs is 1. The average molecular weight is 440 g/mol. The van der Waals surface area contributed by atoms with Crippen molar-refractivity contribution in [1.82, 2.24) is 4.90 Å². The van der Waals surface area contributed by atoms with Crippen LogP contribution in [0.3, 0.4) is 0 Å². The Morgan fingerprint density at radius 3 is 2.45 bits per heavy atom. The number of carbonyl (C=O) groups excluding carboxylic acids is 2. The normalized spacial score (nSPS) is 17.8. The maximum absolute atomic E-state index is 13.1. The van der Waals surface area contributed by atoms with E-state index in [1.165, 1.54) is 19.1 Å². The minimum atomic E-state index is -0.574. The number of carbonyl (C=O) groups is 2. The number of benzene rings is 3. The molecule has 3 aromatic carbocycles. The van der Waals surface area contributed by atoms with E-state index in [2.05, 4.69) is 22.3 Å². The van der Waals surface area contributed by atoms with Gasteiger partial charge in [0.05, 0.1) is 24.1 Å². The molecule has 0 aliphatic carbocycles. The van der Waals surface area contributed by atoms with Crippen molar-refractivity contribution in [3.8, 4) is 0 Å². The number of hydrogen-bond acceptors (Lipinski definition) is 5. The van der Waals surface area contributed by atoms with Crippen LogP contribution in [0, 0.1) is 0 Å². The molecule has 1 saturated heterocycles. The van der Waals surface area contributed by atoms with Crippen molar-refractivity contribution in [1.29, 1.82) is 0 Å². The lowest BCUT2D eigenvalue weighted by atomic mass is 9.90. The Balaban J connectivity index is 1.51. The van der Waals surface area contributed by atoms with Crippen molar-refractivity contribution < 1.29 is 14.3 Å². The maximum Gasteiger partial charge on any atom is 0.337 e. The van der Waals surface area contributed by atoms with Gasteiger partial charge in [-0.2, -0.15) is 0 Å². The first kappa shape index (κ1) is 21.1. The van der Waals surface area contributed by atoms with Crippen LogP contribution >= 0.6 is 0 Å². The van der Waals surface area contributed by atoms with Gasteiger partial charge in [-0.05, 0) is 60.5 Å². The highest BCUT2D eigenvalue weighted by Gasteiger charge is 2.36. The fourth-order valence-corrected chi connectivity index (χ4v) is 4.30. The molecule has 1 amide bonds. The van der Waals surface area contributed by atoms with Crippen molar-refractivity contribution >= 4 is 29.0 Å². The fraction of sp³-hybridized carbons (Fsp3) is 0.222. The van der Waals surface area contributed by atoms with E-state index in [1.54, 1.807) is 18.2 Å². The smallest absolute Gasteiger partial charge is 0.337 e. The molecule has 2 aliphatic rings. The molecule has 1 fully saturated rings. The number of hydrogen-bond donors (Lipinski definition) is 1. The van der Waals surface area contributed by atoms with Crippen LogP contribution in [0.25, 0.3) is 0 Å². The summed E-state index contributed by atoms with van der Waals surface area (Å²) in [6.45, 7) is 3.27. The quantitative estimate of drug-likeness (QED) is 0.452. The molecule has 6 heteroatoms. The van der Waals surface area contributed by atoms with E-state index in [-0.39, 0.29) is 5.91 Å². The summed E-state index contributed by atoms with van der Waals surface area (Å²) in [5.74, 6) is -1.18. The van der Waals surface area contributed by atoms with Crippen LogP contribution in [0.1, 0.15) is 39.4 Å². The van der Waals surface area contributed by atoms with Gasteiger partial charge in [0.25, 0.3) is 0 Å². The number of anilines is 1. The van der Waals surface area contributed by atoms with E-state index in [1.807, 2.05) is 42.5 Å². The van der Waals surface area contributed by atoms with Crippen molar-refractivity contribution in [2.45, 2.75) is 18.9 Å². The Morgan fingerprint density at radius 2 is 1.79 bits per heavy atom. The zero-order valence-electron chi connectivity index (χ0n) is 18.5. The number of methoxy groups -OCH3 is 1. The van der Waals surface area contributed by atoms with E-state index >= 15 is 0 Å². The second kappa shape index (κ2) is 9.00. The number of likely N-dealkylation sites (tertiary alicyclic amines) is 1. The number of nitrogens with zero attached hydrogens (tertiary/aromatic N) is 2. The zero-order chi connectivity index (χ0) is 22.8. The number of aliphatic imine (C=N–C) groups is 1. The Labute approximate surface area is 192 Å². The molecule has 0 spiro atoms. The minimum Gasteiger partial charge on any atom is -0.465 e. The Kier molecular flexibility index (Phi) is 5.75. The van der Waals surface area contributed by atoms with E-state index in [4.69, 9.17) is 9.73 Å². The van der Waals surface area contributed by atoms with E-state index in [9.17, 15) is 9.59 Å².